The number of hydrazone groups is 1. The lowest BCUT2D eigenvalue weighted by molar-refractivity contribution is -0.139. The lowest BCUT2D eigenvalue weighted by Crippen LogP contribution is -2.37. The van der Waals surface area contributed by atoms with Gasteiger partial charge in [0, 0.05) is 38.7 Å². The SMILES string of the molecule is CN(C)c1ccc(/C=N\NC(=O)C(=O)NCc2cccnc2)cc1. The third-order valence-electron chi connectivity index (χ3n) is 3.17. The fourth-order valence-electron chi connectivity index (χ4n) is 1.84. The van der Waals surface area contributed by atoms with Gasteiger partial charge >= 0.3 is 11.8 Å². The normalized spacial score (nSPS) is 10.4. The van der Waals surface area contributed by atoms with Crippen LogP contribution in [-0.4, -0.2) is 37.1 Å². The van der Waals surface area contributed by atoms with Crippen molar-refractivity contribution in [3.05, 3.63) is 59.9 Å². The monoisotopic (exact) mass is 325 g/mol. The van der Waals surface area contributed by atoms with Gasteiger partial charge in [0.15, 0.2) is 0 Å². The van der Waals surface area contributed by atoms with Crippen LogP contribution in [0.5, 0.6) is 0 Å². The molecule has 0 unspecified atom stereocenters. The van der Waals surface area contributed by atoms with E-state index < -0.39 is 11.8 Å². The second kappa shape index (κ2) is 8.42. The van der Waals surface area contributed by atoms with Crippen molar-refractivity contribution in [1.82, 2.24) is 15.7 Å². The maximum absolute atomic E-state index is 11.7. The van der Waals surface area contributed by atoms with E-state index in [1.54, 1.807) is 24.5 Å². The van der Waals surface area contributed by atoms with Gasteiger partial charge in [-0.05, 0) is 29.3 Å². The molecule has 0 atom stereocenters. The summed E-state index contributed by atoms with van der Waals surface area (Å²) >= 11 is 0. The first-order valence-corrected chi connectivity index (χ1v) is 7.34. The number of carbonyl (C=O) groups is 2. The predicted octanol–water partition coefficient (Wildman–Crippen LogP) is 0.914. The quantitative estimate of drug-likeness (QED) is 0.486. The fraction of sp³-hybridized carbons (Fsp3) is 0.176. The Morgan fingerprint density at radius 3 is 2.54 bits per heavy atom. The van der Waals surface area contributed by atoms with Gasteiger partial charge in [0.05, 0.1) is 6.21 Å². The third-order valence-corrected chi connectivity index (χ3v) is 3.17. The number of aromatic nitrogens is 1. The van der Waals surface area contributed by atoms with Crippen LogP contribution in [0.25, 0.3) is 0 Å². The zero-order chi connectivity index (χ0) is 17.4. The molecule has 0 saturated carbocycles. The highest BCUT2D eigenvalue weighted by atomic mass is 16.2. The van der Waals surface area contributed by atoms with Crippen molar-refractivity contribution in [1.29, 1.82) is 0 Å². The Labute approximate surface area is 140 Å². The van der Waals surface area contributed by atoms with E-state index in [0.29, 0.717) is 0 Å². The lowest BCUT2D eigenvalue weighted by Gasteiger charge is -2.11. The lowest BCUT2D eigenvalue weighted by atomic mass is 10.2. The number of nitrogens with one attached hydrogen (secondary N) is 2. The molecule has 0 aliphatic carbocycles. The van der Waals surface area contributed by atoms with E-state index in [1.807, 2.05) is 43.3 Å². The first kappa shape index (κ1) is 17.1. The Bertz CT molecular complexity index is 712. The third kappa shape index (κ3) is 5.20. The summed E-state index contributed by atoms with van der Waals surface area (Å²) in [6.45, 7) is 0.232. The summed E-state index contributed by atoms with van der Waals surface area (Å²) in [4.78, 5) is 29.2. The molecule has 7 heteroatoms. The van der Waals surface area contributed by atoms with Crippen molar-refractivity contribution >= 4 is 23.7 Å². The van der Waals surface area contributed by atoms with Crippen LogP contribution in [0.2, 0.25) is 0 Å². The molecular formula is C17H19N5O2. The number of hydrogen-bond acceptors (Lipinski definition) is 5. The second-order valence-electron chi connectivity index (χ2n) is 5.23. The average Bonchev–Trinajstić information content (AvgIpc) is 2.61. The van der Waals surface area contributed by atoms with Gasteiger partial charge in [-0.25, -0.2) is 5.43 Å². The molecule has 7 nitrogen and oxygen atoms in total. The molecule has 2 rings (SSSR count). The van der Waals surface area contributed by atoms with Gasteiger partial charge in [0.1, 0.15) is 0 Å². The summed E-state index contributed by atoms with van der Waals surface area (Å²) < 4.78 is 0. The van der Waals surface area contributed by atoms with Crippen molar-refractivity contribution < 1.29 is 9.59 Å². The fourth-order valence-corrected chi connectivity index (χ4v) is 1.84. The minimum atomic E-state index is -0.819. The van der Waals surface area contributed by atoms with Gasteiger partial charge in [-0.1, -0.05) is 18.2 Å². The van der Waals surface area contributed by atoms with Crippen molar-refractivity contribution in [2.75, 3.05) is 19.0 Å². The van der Waals surface area contributed by atoms with E-state index >= 15 is 0 Å². The molecule has 0 aliphatic heterocycles. The molecule has 2 aromatic rings. The largest absolute Gasteiger partial charge is 0.378 e. The molecule has 0 aliphatic rings. The first-order chi connectivity index (χ1) is 11.6. The number of hydrogen-bond donors (Lipinski definition) is 2. The Hall–Kier alpha value is -3.22. The highest BCUT2D eigenvalue weighted by Gasteiger charge is 2.11. The zero-order valence-electron chi connectivity index (χ0n) is 13.6. The van der Waals surface area contributed by atoms with Gasteiger partial charge in [-0.3, -0.25) is 14.6 Å². The van der Waals surface area contributed by atoms with Crippen molar-refractivity contribution in [3.8, 4) is 0 Å². The summed E-state index contributed by atoms with van der Waals surface area (Å²) in [5.41, 5.74) is 4.88. The Kier molecular flexibility index (Phi) is 6.01. The van der Waals surface area contributed by atoms with E-state index in [1.165, 1.54) is 6.21 Å². The highest BCUT2D eigenvalue weighted by molar-refractivity contribution is 6.35. The summed E-state index contributed by atoms with van der Waals surface area (Å²) in [6, 6.07) is 11.2. The maximum Gasteiger partial charge on any atom is 0.329 e. The molecule has 1 aromatic carbocycles. The molecule has 0 bridgehead atoms. The van der Waals surface area contributed by atoms with E-state index in [4.69, 9.17) is 0 Å². The Morgan fingerprint density at radius 2 is 1.92 bits per heavy atom. The minimum absolute atomic E-state index is 0.232. The van der Waals surface area contributed by atoms with Gasteiger partial charge in [-0.15, -0.1) is 0 Å². The van der Waals surface area contributed by atoms with Gasteiger partial charge < -0.3 is 10.2 Å². The van der Waals surface area contributed by atoms with E-state index in [2.05, 4.69) is 20.8 Å². The number of anilines is 1. The molecule has 0 saturated heterocycles. The minimum Gasteiger partial charge on any atom is -0.378 e. The number of carbonyl (C=O) groups excluding carboxylic acids is 2. The number of benzene rings is 1. The number of pyridine rings is 1. The Morgan fingerprint density at radius 1 is 1.17 bits per heavy atom. The van der Waals surface area contributed by atoms with E-state index in [0.717, 1.165) is 16.8 Å². The average molecular weight is 325 g/mol. The highest BCUT2D eigenvalue weighted by Crippen LogP contribution is 2.10. The molecule has 124 valence electrons. The number of rotatable bonds is 5. The summed E-state index contributed by atoms with van der Waals surface area (Å²) in [5, 5.41) is 6.28. The van der Waals surface area contributed by atoms with Crippen LogP contribution in [0, 0.1) is 0 Å². The van der Waals surface area contributed by atoms with Crippen LogP contribution in [0.1, 0.15) is 11.1 Å². The summed E-state index contributed by atoms with van der Waals surface area (Å²) in [5.74, 6) is -1.57. The summed E-state index contributed by atoms with van der Waals surface area (Å²) in [7, 11) is 3.90. The van der Waals surface area contributed by atoms with Crippen LogP contribution in [0.15, 0.2) is 53.9 Å². The van der Waals surface area contributed by atoms with Crippen molar-refractivity contribution in [2.45, 2.75) is 6.54 Å². The molecule has 0 spiro atoms. The zero-order valence-corrected chi connectivity index (χ0v) is 13.6. The standard InChI is InChI=1S/C17H19N5O2/c1-22(2)15-7-5-13(6-8-15)12-20-21-17(24)16(23)19-11-14-4-3-9-18-10-14/h3-10,12H,11H2,1-2H3,(H,19,23)(H,21,24)/b20-12-. The van der Waals surface area contributed by atoms with Gasteiger partial charge in [0.25, 0.3) is 0 Å². The molecule has 24 heavy (non-hydrogen) atoms. The maximum atomic E-state index is 11.7. The van der Waals surface area contributed by atoms with Crippen LogP contribution >= 0.6 is 0 Å². The van der Waals surface area contributed by atoms with Crippen molar-refractivity contribution in [2.24, 2.45) is 5.10 Å². The Balaban J connectivity index is 1.80. The van der Waals surface area contributed by atoms with Crippen LogP contribution in [0.3, 0.4) is 0 Å². The van der Waals surface area contributed by atoms with Gasteiger partial charge in [0.2, 0.25) is 0 Å². The van der Waals surface area contributed by atoms with E-state index in [-0.39, 0.29) is 6.54 Å². The molecule has 2 N–H and O–H groups in total. The van der Waals surface area contributed by atoms with Crippen LogP contribution in [0.4, 0.5) is 5.69 Å². The van der Waals surface area contributed by atoms with Crippen LogP contribution in [-0.2, 0) is 16.1 Å². The number of amides is 2. The molecule has 0 fully saturated rings. The molecular weight excluding hydrogens is 306 g/mol. The predicted molar refractivity (Wildman–Crippen MR) is 92.6 cm³/mol. The molecule has 1 heterocycles. The summed E-state index contributed by atoms with van der Waals surface area (Å²) in [6.07, 6.45) is 4.73. The topological polar surface area (TPSA) is 86.7 Å². The smallest absolute Gasteiger partial charge is 0.329 e. The van der Waals surface area contributed by atoms with Crippen molar-refractivity contribution in [3.63, 3.8) is 0 Å². The molecule has 1 aromatic heterocycles. The molecule has 0 radical (unpaired) electrons. The van der Waals surface area contributed by atoms with E-state index in [9.17, 15) is 9.59 Å². The first-order valence-electron chi connectivity index (χ1n) is 7.34. The van der Waals surface area contributed by atoms with Gasteiger partial charge in [-0.2, -0.15) is 5.10 Å². The second-order valence-corrected chi connectivity index (χ2v) is 5.23. The number of nitrogens with zero attached hydrogens (tertiary/aromatic N) is 3. The molecule has 2 amide bonds. The van der Waals surface area contributed by atoms with Crippen LogP contribution < -0.4 is 15.6 Å².